The predicted molar refractivity (Wildman–Crippen MR) is 126 cm³/mol. The number of halogens is 1. The van der Waals surface area contributed by atoms with Crippen LogP contribution in [0.1, 0.15) is 16.2 Å². The van der Waals surface area contributed by atoms with Crippen LogP contribution in [0.3, 0.4) is 0 Å². The van der Waals surface area contributed by atoms with E-state index in [1.165, 1.54) is 16.7 Å². The zero-order valence-electron chi connectivity index (χ0n) is 18.6. The van der Waals surface area contributed by atoms with Gasteiger partial charge in [-0.1, -0.05) is 30.3 Å². The molecule has 1 amide bonds. The number of aromatic nitrogens is 3. The molecule has 5 rings (SSSR count). The monoisotopic (exact) mass is 458 g/mol. The molecule has 0 fully saturated rings. The molecule has 8 heteroatoms. The summed E-state index contributed by atoms with van der Waals surface area (Å²) in [7, 11) is 0. The van der Waals surface area contributed by atoms with Gasteiger partial charge < -0.3 is 18.8 Å². The molecule has 1 aliphatic rings. The summed E-state index contributed by atoms with van der Waals surface area (Å²) in [5.41, 5.74) is 3.13. The van der Waals surface area contributed by atoms with Crippen LogP contribution in [0, 0.1) is 12.7 Å². The van der Waals surface area contributed by atoms with E-state index in [4.69, 9.17) is 4.74 Å². The van der Waals surface area contributed by atoms with Crippen LogP contribution in [0.25, 0.3) is 16.8 Å². The van der Waals surface area contributed by atoms with E-state index in [-0.39, 0.29) is 17.3 Å². The van der Waals surface area contributed by atoms with Crippen molar-refractivity contribution >= 4 is 5.91 Å². The first-order valence-corrected chi connectivity index (χ1v) is 11.0. The molecule has 34 heavy (non-hydrogen) atoms. The van der Waals surface area contributed by atoms with Gasteiger partial charge in [0.15, 0.2) is 0 Å². The molecule has 4 aromatic rings. The first-order valence-electron chi connectivity index (χ1n) is 11.0. The highest BCUT2D eigenvalue weighted by Crippen LogP contribution is 2.30. The Morgan fingerprint density at radius 2 is 1.79 bits per heavy atom. The fourth-order valence-electron chi connectivity index (χ4n) is 4.15. The van der Waals surface area contributed by atoms with Crippen molar-refractivity contribution in [3.8, 4) is 22.6 Å². The molecule has 7 nitrogen and oxygen atoms in total. The first-order chi connectivity index (χ1) is 16.5. The highest BCUT2D eigenvalue weighted by Gasteiger charge is 2.26. The Hall–Kier alpha value is -4.20. The predicted octanol–water partition coefficient (Wildman–Crippen LogP) is 3.68. The third-order valence-electron chi connectivity index (χ3n) is 5.90. The molecule has 0 aliphatic carbocycles. The van der Waals surface area contributed by atoms with Crippen LogP contribution in [-0.2, 0) is 6.54 Å². The van der Waals surface area contributed by atoms with Gasteiger partial charge in [-0.2, -0.15) is 0 Å². The average molecular weight is 458 g/mol. The number of ether oxygens (including phenoxy) is 1. The van der Waals surface area contributed by atoms with Gasteiger partial charge in [-0.15, -0.1) is 0 Å². The Labute approximate surface area is 195 Å². The first kappa shape index (κ1) is 21.6. The maximum Gasteiger partial charge on any atom is 0.275 e. The van der Waals surface area contributed by atoms with Crippen LogP contribution >= 0.6 is 0 Å². The lowest BCUT2D eigenvalue weighted by molar-refractivity contribution is 0.0673. The summed E-state index contributed by atoms with van der Waals surface area (Å²) in [4.78, 5) is 31.9. The number of pyridine rings is 1. The number of amides is 1. The summed E-state index contributed by atoms with van der Waals surface area (Å²) >= 11 is 0. The van der Waals surface area contributed by atoms with Crippen molar-refractivity contribution in [3.05, 3.63) is 101 Å². The number of aryl methyl sites for hydroxylation is 1. The molecule has 1 aliphatic heterocycles. The molecule has 172 valence electrons. The van der Waals surface area contributed by atoms with Crippen LogP contribution in [-0.4, -0.2) is 44.6 Å². The lowest BCUT2D eigenvalue weighted by atomic mass is 10.0. The molecular formula is C26H23FN4O3. The zero-order chi connectivity index (χ0) is 23.7. The van der Waals surface area contributed by atoms with E-state index in [9.17, 15) is 14.0 Å². The largest absolute Gasteiger partial charge is 0.491 e. The number of fused-ring (bicyclic) bond motifs is 1. The van der Waals surface area contributed by atoms with Gasteiger partial charge in [-0.3, -0.25) is 9.59 Å². The molecule has 3 heterocycles. The van der Waals surface area contributed by atoms with Crippen molar-refractivity contribution in [1.29, 1.82) is 0 Å². The Balaban J connectivity index is 1.29. The summed E-state index contributed by atoms with van der Waals surface area (Å²) in [6.07, 6.45) is 3.37. The number of hydrogen-bond donors (Lipinski definition) is 0. The molecular weight excluding hydrogens is 435 g/mol. The Morgan fingerprint density at radius 1 is 1.00 bits per heavy atom. The number of imidazole rings is 1. The van der Waals surface area contributed by atoms with Gasteiger partial charge in [0.2, 0.25) is 0 Å². The number of para-hydroxylation sites is 1. The highest BCUT2D eigenvalue weighted by atomic mass is 19.1. The van der Waals surface area contributed by atoms with Gasteiger partial charge in [0, 0.05) is 24.8 Å². The van der Waals surface area contributed by atoms with Gasteiger partial charge >= 0.3 is 0 Å². The van der Waals surface area contributed by atoms with Gasteiger partial charge in [-0.05, 0) is 42.8 Å². The maximum absolute atomic E-state index is 13.3. The number of rotatable bonds is 6. The minimum absolute atomic E-state index is 0.202. The molecule has 0 atom stereocenters. The SMILES string of the molecule is Cc1cn(-c2ccc3n(c2=O)CCN(CCOc2ccccc2-c2ccc(F)cc2)C3=O)cn1. The van der Waals surface area contributed by atoms with Crippen LogP contribution in [0.4, 0.5) is 4.39 Å². The van der Waals surface area contributed by atoms with Crippen molar-refractivity contribution in [2.75, 3.05) is 19.7 Å². The normalized spacial score (nSPS) is 13.1. The van der Waals surface area contributed by atoms with E-state index in [1.54, 1.807) is 46.3 Å². The fraction of sp³-hybridized carbons (Fsp3) is 0.192. The zero-order valence-corrected chi connectivity index (χ0v) is 18.6. The standard InChI is InChI=1S/C26H23FN4O3/c1-18-16-30(17-28-18)22-10-11-23-25(32)29(12-13-31(23)26(22)33)14-15-34-24-5-3-2-4-21(24)19-6-8-20(27)9-7-19/h2-11,16-17H,12-15H2,1H3. The van der Waals surface area contributed by atoms with E-state index in [0.717, 1.165) is 16.8 Å². The van der Waals surface area contributed by atoms with Crippen molar-refractivity contribution in [3.63, 3.8) is 0 Å². The Bertz CT molecular complexity index is 1410. The molecule has 2 aromatic carbocycles. The summed E-state index contributed by atoms with van der Waals surface area (Å²) in [5, 5.41) is 0. The Kier molecular flexibility index (Phi) is 5.71. The van der Waals surface area contributed by atoms with Gasteiger partial charge in [-0.25, -0.2) is 9.37 Å². The molecule has 0 unspecified atom stereocenters. The highest BCUT2D eigenvalue weighted by molar-refractivity contribution is 5.93. The quantitative estimate of drug-likeness (QED) is 0.442. The Morgan fingerprint density at radius 3 is 2.56 bits per heavy atom. The van der Waals surface area contributed by atoms with Crippen molar-refractivity contribution in [2.45, 2.75) is 13.5 Å². The van der Waals surface area contributed by atoms with E-state index < -0.39 is 0 Å². The number of benzene rings is 2. The molecule has 0 saturated heterocycles. The lowest BCUT2D eigenvalue weighted by Gasteiger charge is -2.29. The third-order valence-corrected chi connectivity index (χ3v) is 5.90. The molecule has 0 saturated carbocycles. The van der Waals surface area contributed by atoms with Gasteiger partial charge in [0.1, 0.15) is 29.6 Å². The number of hydrogen-bond acceptors (Lipinski definition) is 4. The molecule has 0 spiro atoms. The summed E-state index contributed by atoms with van der Waals surface area (Å²) in [6.45, 7) is 3.36. The minimum Gasteiger partial charge on any atom is -0.491 e. The van der Waals surface area contributed by atoms with Crippen LogP contribution < -0.4 is 10.3 Å². The number of carbonyl (C=O) groups is 1. The third kappa shape index (κ3) is 4.10. The van der Waals surface area contributed by atoms with Crippen molar-refractivity contribution in [1.82, 2.24) is 19.0 Å². The van der Waals surface area contributed by atoms with Crippen LogP contribution in [0.2, 0.25) is 0 Å². The van der Waals surface area contributed by atoms with E-state index in [2.05, 4.69) is 4.98 Å². The fourth-order valence-corrected chi connectivity index (χ4v) is 4.15. The smallest absolute Gasteiger partial charge is 0.275 e. The topological polar surface area (TPSA) is 69.4 Å². The van der Waals surface area contributed by atoms with Gasteiger partial charge in [0.05, 0.1) is 18.6 Å². The van der Waals surface area contributed by atoms with Gasteiger partial charge in [0.25, 0.3) is 11.5 Å². The maximum atomic E-state index is 13.3. The lowest BCUT2D eigenvalue weighted by Crippen LogP contribution is -2.46. The second kappa shape index (κ2) is 8.97. The molecule has 0 radical (unpaired) electrons. The second-order valence-electron chi connectivity index (χ2n) is 8.13. The molecule has 0 N–H and O–H groups in total. The summed E-state index contributed by atoms with van der Waals surface area (Å²) in [6, 6.07) is 17.1. The summed E-state index contributed by atoms with van der Waals surface area (Å²) in [5.74, 6) is 0.167. The number of carbonyl (C=O) groups excluding carboxylic acids is 1. The van der Waals surface area contributed by atoms with Crippen molar-refractivity contribution < 1.29 is 13.9 Å². The van der Waals surface area contributed by atoms with E-state index in [1.807, 2.05) is 31.2 Å². The average Bonchev–Trinajstić information content (AvgIpc) is 3.28. The van der Waals surface area contributed by atoms with Crippen molar-refractivity contribution in [2.24, 2.45) is 0 Å². The second-order valence-corrected chi connectivity index (χ2v) is 8.13. The molecule has 0 bridgehead atoms. The minimum atomic E-state index is -0.294. The number of nitrogens with zero attached hydrogens (tertiary/aromatic N) is 4. The van der Waals surface area contributed by atoms with E-state index >= 15 is 0 Å². The molecule has 2 aromatic heterocycles. The van der Waals surface area contributed by atoms with Crippen LogP contribution in [0.15, 0.2) is 78.0 Å². The summed E-state index contributed by atoms with van der Waals surface area (Å²) < 4.78 is 22.5. The van der Waals surface area contributed by atoms with Crippen LogP contribution in [0.5, 0.6) is 5.75 Å². The van der Waals surface area contributed by atoms with E-state index in [0.29, 0.717) is 43.4 Å².